The number of nitrogens with one attached hydrogen (secondary N) is 1. The number of hydrogen-bond acceptors (Lipinski definition) is 6. The number of piperazine rings is 1. The van der Waals surface area contributed by atoms with E-state index >= 15 is 0 Å². The lowest BCUT2D eigenvalue weighted by molar-refractivity contribution is 0.0746. The molecule has 1 amide bonds. The van der Waals surface area contributed by atoms with Crippen molar-refractivity contribution in [3.05, 3.63) is 41.6 Å². The molecule has 0 atom stereocenters. The number of ether oxygens (including phenoxy) is 1. The van der Waals surface area contributed by atoms with Gasteiger partial charge in [0.05, 0.1) is 6.61 Å². The van der Waals surface area contributed by atoms with Crippen LogP contribution < -0.4 is 15.0 Å². The first kappa shape index (κ1) is 21.4. The van der Waals surface area contributed by atoms with Gasteiger partial charge >= 0.3 is 0 Å². The summed E-state index contributed by atoms with van der Waals surface area (Å²) in [6.07, 6.45) is 6.27. The van der Waals surface area contributed by atoms with Crippen LogP contribution in [0.5, 0.6) is 5.75 Å². The molecule has 2 aliphatic rings. The molecular weight excluding hydrogens is 390 g/mol. The number of aromatic nitrogens is 2. The van der Waals surface area contributed by atoms with Gasteiger partial charge in [0.2, 0.25) is 5.95 Å². The molecule has 7 nitrogen and oxygen atoms in total. The Bertz CT molecular complexity index is 872. The number of aryl methyl sites for hydroxylation is 1. The van der Waals surface area contributed by atoms with Crippen molar-refractivity contribution in [2.45, 2.75) is 52.0 Å². The first-order valence-corrected chi connectivity index (χ1v) is 11.5. The van der Waals surface area contributed by atoms with Gasteiger partial charge in [-0.05, 0) is 51.0 Å². The minimum atomic E-state index is 0.0706. The van der Waals surface area contributed by atoms with E-state index < -0.39 is 0 Å². The first-order chi connectivity index (χ1) is 15.1. The molecule has 1 aromatic carbocycles. The molecule has 0 bridgehead atoms. The van der Waals surface area contributed by atoms with Crippen LogP contribution in [0.2, 0.25) is 0 Å². The SMILES string of the molecule is CCOc1ccc(C(=O)N2CCN(c3cc(C)nc(NC4CCCCC4)n3)CC2)cc1. The summed E-state index contributed by atoms with van der Waals surface area (Å²) in [7, 11) is 0. The summed E-state index contributed by atoms with van der Waals surface area (Å²) in [5.41, 5.74) is 1.67. The van der Waals surface area contributed by atoms with Gasteiger partial charge in [0, 0.05) is 49.5 Å². The van der Waals surface area contributed by atoms with Crippen LogP contribution >= 0.6 is 0 Å². The van der Waals surface area contributed by atoms with Gasteiger partial charge in [-0.3, -0.25) is 4.79 Å². The molecule has 1 aliphatic heterocycles. The maximum Gasteiger partial charge on any atom is 0.253 e. The molecule has 1 N–H and O–H groups in total. The van der Waals surface area contributed by atoms with Crippen LogP contribution in [0.25, 0.3) is 0 Å². The number of anilines is 2. The third kappa shape index (κ3) is 5.46. The Morgan fingerprint density at radius 3 is 2.45 bits per heavy atom. The summed E-state index contributed by atoms with van der Waals surface area (Å²) in [4.78, 5) is 26.4. The second-order valence-electron chi connectivity index (χ2n) is 8.41. The molecular formula is C24H33N5O2. The van der Waals surface area contributed by atoms with Crippen molar-refractivity contribution < 1.29 is 9.53 Å². The summed E-state index contributed by atoms with van der Waals surface area (Å²) < 4.78 is 5.47. The van der Waals surface area contributed by atoms with Crippen LogP contribution in [0, 0.1) is 6.92 Å². The molecule has 1 aliphatic carbocycles. The monoisotopic (exact) mass is 423 g/mol. The number of amides is 1. The number of hydrogen-bond donors (Lipinski definition) is 1. The van der Waals surface area contributed by atoms with E-state index in [-0.39, 0.29) is 5.91 Å². The highest BCUT2D eigenvalue weighted by Crippen LogP contribution is 2.23. The molecule has 1 aromatic heterocycles. The number of carbonyl (C=O) groups is 1. The maximum absolute atomic E-state index is 12.9. The molecule has 1 saturated carbocycles. The fraction of sp³-hybridized carbons (Fsp3) is 0.542. The van der Waals surface area contributed by atoms with E-state index in [0.717, 1.165) is 36.3 Å². The predicted molar refractivity (Wildman–Crippen MR) is 123 cm³/mol. The fourth-order valence-electron chi connectivity index (χ4n) is 4.39. The molecule has 4 rings (SSSR count). The van der Waals surface area contributed by atoms with E-state index in [9.17, 15) is 4.79 Å². The van der Waals surface area contributed by atoms with Crippen LogP contribution in [0.3, 0.4) is 0 Å². The lowest BCUT2D eigenvalue weighted by Crippen LogP contribution is -2.49. The zero-order valence-electron chi connectivity index (χ0n) is 18.6. The lowest BCUT2D eigenvalue weighted by atomic mass is 9.96. The van der Waals surface area contributed by atoms with Crippen molar-refractivity contribution in [2.24, 2.45) is 0 Å². The van der Waals surface area contributed by atoms with E-state index in [1.54, 1.807) is 0 Å². The van der Waals surface area contributed by atoms with E-state index in [2.05, 4.69) is 15.2 Å². The van der Waals surface area contributed by atoms with E-state index in [1.807, 2.05) is 49.1 Å². The lowest BCUT2D eigenvalue weighted by Gasteiger charge is -2.35. The minimum Gasteiger partial charge on any atom is -0.494 e. The summed E-state index contributed by atoms with van der Waals surface area (Å²) in [5.74, 6) is 2.54. The van der Waals surface area contributed by atoms with Crippen molar-refractivity contribution in [3.63, 3.8) is 0 Å². The van der Waals surface area contributed by atoms with Gasteiger partial charge in [-0.2, -0.15) is 4.98 Å². The normalized spacial score (nSPS) is 17.5. The van der Waals surface area contributed by atoms with Gasteiger partial charge in [0.1, 0.15) is 11.6 Å². The number of rotatable bonds is 6. The third-order valence-corrected chi connectivity index (χ3v) is 6.08. The molecule has 0 unspecified atom stereocenters. The maximum atomic E-state index is 12.9. The van der Waals surface area contributed by atoms with E-state index in [1.165, 1.54) is 32.1 Å². The van der Waals surface area contributed by atoms with Gasteiger partial charge in [0.25, 0.3) is 5.91 Å². The Morgan fingerprint density at radius 1 is 1.06 bits per heavy atom. The van der Waals surface area contributed by atoms with Gasteiger partial charge in [-0.25, -0.2) is 4.98 Å². The Morgan fingerprint density at radius 2 is 1.77 bits per heavy atom. The molecule has 2 fully saturated rings. The molecule has 1 saturated heterocycles. The highest BCUT2D eigenvalue weighted by atomic mass is 16.5. The van der Waals surface area contributed by atoms with Crippen LogP contribution in [0.15, 0.2) is 30.3 Å². The quantitative estimate of drug-likeness (QED) is 0.760. The number of carbonyl (C=O) groups excluding carboxylic acids is 1. The summed E-state index contributed by atoms with van der Waals surface area (Å²) in [6, 6.07) is 9.92. The Balaban J connectivity index is 1.36. The molecule has 31 heavy (non-hydrogen) atoms. The van der Waals surface area contributed by atoms with Crippen LogP contribution in [0.1, 0.15) is 55.1 Å². The molecule has 7 heteroatoms. The average molecular weight is 424 g/mol. The molecule has 0 spiro atoms. The summed E-state index contributed by atoms with van der Waals surface area (Å²) in [6.45, 7) is 7.48. The summed E-state index contributed by atoms with van der Waals surface area (Å²) in [5, 5.41) is 3.54. The Kier molecular flexibility index (Phi) is 6.89. The van der Waals surface area contributed by atoms with Crippen molar-refractivity contribution in [2.75, 3.05) is 43.0 Å². The van der Waals surface area contributed by atoms with Crippen molar-refractivity contribution in [1.29, 1.82) is 0 Å². The molecule has 2 heterocycles. The predicted octanol–water partition coefficient (Wildman–Crippen LogP) is 3.89. The van der Waals surface area contributed by atoms with Crippen molar-refractivity contribution >= 4 is 17.7 Å². The zero-order chi connectivity index (χ0) is 21.6. The second kappa shape index (κ2) is 9.98. The zero-order valence-corrected chi connectivity index (χ0v) is 18.6. The van der Waals surface area contributed by atoms with E-state index in [4.69, 9.17) is 9.72 Å². The van der Waals surface area contributed by atoms with Crippen molar-refractivity contribution in [1.82, 2.24) is 14.9 Å². The Labute approximate surface area is 184 Å². The van der Waals surface area contributed by atoms with Gasteiger partial charge in [0.15, 0.2) is 0 Å². The largest absolute Gasteiger partial charge is 0.494 e. The smallest absolute Gasteiger partial charge is 0.253 e. The fourth-order valence-corrected chi connectivity index (χ4v) is 4.39. The van der Waals surface area contributed by atoms with Gasteiger partial charge in [-0.15, -0.1) is 0 Å². The van der Waals surface area contributed by atoms with Crippen LogP contribution in [0.4, 0.5) is 11.8 Å². The standard InChI is InChI=1S/C24H33N5O2/c1-3-31-21-11-9-19(10-12-21)23(30)29-15-13-28(14-16-29)22-17-18(2)25-24(27-22)26-20-7-5-4-6-8-20/h9-12,17,20H,3-8,13-16H2,1-2H3,(H,25,26,27). The van der Waals surface area contributed by atoms with E-state index in [0.29, 0.717) is 31.3 Å². The minimum absolute atomic E-state index is 0.0706. The number of benzene rings is 1. The van der Waals surface area contributed by atoms with Crippen molar-refractivity contribution in [3.8, 4) is 5.75 Å². The molecule has 2 aromatic rings. The second-order valence-corrected chi connectivity index (χ2v) is 8.41. The van der Waals surface area contributed by atoms with Crippen LogP contribution in [-0.4, -0.2) is 59.6 Å². The van der Waals surface area contributed by atoms with Crippen LogP contribution in [-0.2, 0) is 0 Å². The van der Waals surface area contributed by atoms with Gasteiger partial charge < -0.3 is 19.9 Å². The highest BCUT2D eigenvalue weighted by Gasteiger charge is 2.24. The van der Waals surface area contributed by atoms with Gasteiger partial charge in [-0.1, -0.05) is 19.3 Å². The highest BCUT2D eigenvalue weighted by molar-refractivity contribution is 5.94. The average Bonchev–Trinajstić information content (AvgIpc) is 2.80. The number of nitrogens with zero attached hydrogens (tertiary/aromatic N) is 4. The molecule has 166 valence electrons. The molecule has 0 radical (unpaired) electrons. The topological polar surface area (TPSA) is 70.6 Å². The first-order valence-electron chi connectivity index (χ1n) is 11.5. The summed E-state index contributed by atoms with van der Waals surface area (Å²) >= 11 is 0. The Hall–Kier alpha value is -2.83. The third-order valence-electron chi connectivity index (χ3n) is 6.08.